The fourth-order valence-electron chi connectivity index (χ4n) is 4.19. The van der Waals surface area contributed by atoms with Crippen molar-refractivity contribution in [1.29, 1.82) is 0 Å². The number of nitrogens with two attached hydrogens (primary N) is 1. The number of nitrogen functional groups attached to an aromatic ring is 1. The van der Waals surface area contributed by atoms with Gasteiger partial charge >= 0.3 is 11.9 Å². The van der Waals surface area contributed by atoms with E-state index in [1.165, 1.54) is 6.33 Å². The number of nitrogens with zero attached hydrogens (tertiary/aromatic N) is 4. The van der Waals surface area contributed by atoms with Gasteiger partial charge in [0.15, 0.2) is 11.5 Å². The van der Waals surface area contributed by atoms with Gasteiger partial charge in [0.1, 0.15) is 35.9 Å². The highest BCUT2D eigenvalue weighted by Gasteiger charge is 2.40. The summed E-state index contributed by atoms with van der Waals surface area (Å²) in [4.78, 5) is 38.0. The van der Waals surface area contributed by atoms with E-state index in [1.807, 2.05) is 6.92 Å². The molecule has 40 heavy (non-hydrogen) atoms. The average molecular weight is 582 g/mol. The van der Waals surface area contributed by atoms with E-state index in [0.29, 0.717) is 17.7 Å². The van der Waals surface area contributed by atoms with Gasteiger partial charge in [-0.3, -0.25) is 14.2 Å². The molecule has 2 aromatic heterocycles. The van der Waals surface area contributed by atoms with E-state index in [9.17, 15) is 14.2 Å². The standard InChI is InChI=1S/C26H44N7O6P/c1-6-7-8-9-13-37-25(35)26(4,5)32-40(36,31-19(3)24(34)39-20-11-10-12-20)17-38-18(2)14-33-16-30-21-22(27)28-15-29-23(21)33/h15-16,18-20H,6-14,17H2,1-5H3,(H2,27,28,29)(H2,31,32,36)/t18-,19-,40+/m1/s1. The van der Waals surface area contributed by atoms with E-state index in [2.05, 4.69) is 32.1 Å². The van der Waals surface area contributed by atoms with Crippen molar-refractivity contribution < 1.29 is 28.4 Å². The molecule has 0 aliphatic heterocycles. The van der Waals surface area contributed by atoms with Crippen molar-refractivity contribution in [2.24, 2.45) is 0 Å². The van der Waals surface area contributed by atoms with Crippen LogP contribution in [0.1, 0.15) is 79.6 Å². The Morgan fingerprint density at radius 3 is 2.62 bits per heavy atom. The van der Waals surface area contributed by atoms with Crippen LogP contribution in [0, 0.1) is 0 Å². The van der Waals surface area contributed by atoms with Crippen LogP contribution in [0.4, 0.5) is 5.82 Å². The van der Waals surface area contributed by atoms with E-state index in [0.717, 1.165) is 44.9 Å². The summed E-state index contributed by atoms with van der Waals surface area (Å²) in [5.41, 5.74) is 5.60. The molecule has 1 saturated carbocycles. The van der Waals surface area contributed by atoms with Crippen molar-refractivity contribution in [3.8, 4) is 0 Å². The molecule has 2 heterocycles. The van der Waals surface area contributed by atoms with Gasteiger partial charge in [-0.2, -0.15) is 0 Å². The molecule has 0 bridgehead atoms. The maximum atomic E-state index is 14.2. The molecule has 14 heteroatoms. The zero-order valence-corrected chi connectivity index (χ0v) is 25.1. The highest BCUT2D eigenvalue weighted by molar-refractivity contribution is 7.59. The van der Waals surface area contributed by atoms with Crippen molar-refractivity contribution in [2.75, 3.05) is 18.7 Å². The average Bonchev–Trinajstić information content (AvgIpc) is 3.28. The van der Waals surface area contributed by atoms with Gasteiger partial charge in [0.2, 0.25) is 7.44 Å². The monoisotopic (exact) mass is 581 g/mol. The van der Waals surface area contributed by atoms with Crippen LogP contribution in [-0.2, 0) is 34.9 Å². The van der Waals surface area contributed by atoms with Gasteiger partial charge in [-0.15, -0.1) is 0 Å². The zero-order valence-electron chi connectivity index (χ0n) is 24.2. The van der Waals surface area contributed by atoms with Gasteiger partial charge in [0, 0.05) is 0 Å². The fraction of sp³-hybridized carbons (Fsp3) is 0.731. The Morgan fingerprint density at radius 1 is 1.20 bits per heavy atom. The predicted octanol–water partition coefficient (Wildman–Crippen LogP) is 3.53. The Kier molecular flexibility index (Phi) is 11.4. The summed E-state index contributed by atoms with van der Waals surface area (Å²) >= 11 is 0. The zero-order chi connectivity index (χ0) is 29.3. The van der Waals surface area contributed by atoms with E-state index in [-0.39, 0.29) is 24.9 Å². The fourth-order valence-corrected chi connectivity index (χ4v) is 6.58. The Labute approximate surface area is 235 Å². The van der Waals surface area contributed by atoms with Crippen molar-refractivity contribution in [3.63, 3.8) is 0 Å². The van der Waals surface area contributed by atoms with Crippen LogP contribution in [-0.4, -0.2) is 68.2 Å². The third kappa shape index (κ3) is 8.95. The number of esters is 2. The minimum Gasteiger partial charge on any atom is -0.464 e. The van der Waals surface area contributed by atoms with E-state index in [1.54, 1.807) is 31.7 Å². The number of hydrogen-bond acceptors (Lipinski definition) is 10. The van der Waals surface area contributed by atoms with Crippen molar-refractivity contribution in [1.82, 2.24) is 29.7 Å². The Hall–Kier alpha value is -2.60. The minimum atomic E-state index is -3.68. The lowest BCUT2D eigenvalue weighted by molar-refractivity contribution is -0.154. The summed E-state index contributed by atoms with van der Waals surface area (Å²) in [6.45, 7) is 9.32. The summed E-state index contributed by atoms with van der Waals surface area (Å²) in [6, 6.07) is -0.893. The number of unbranched alkanes of at least 4 members (excludes halogenated alkanes) is 3. The lowest BCUT2D eigenvalue weighted by Gasteiger charge is -2.33. The highest BCUT2D eigenvalue weighted by Crippen LogP contribution is 2.40. The van der Waals surface area contributed by atoms with E-state index >= 15 is 0 Å². The first-order chi connectivity index (χ1) is 18.9. The molecule has 4 N–H and O–H groups in total. The van der Waals surface area contributed by atoms with Gasteiger partial charge in [0.25, 0.3) is 0 Å². The second-order valence-electron chi connectivity index (χ2n) is 10.9. The topological polar surface area (TPSA) is 173 Å². The molecule has 0 spiro atoms. The molecule has 1 fully saturated rings. The molecule has 3 atom stereocenters. The molecular weight excluding hydrogens is 537 g/mol. The maximum Gasteiger partial charge on any atom is 0.326 e. The van der Waals surface area contributed by atoms with Crippen molar-refractivity contribution in [2.45, 2.75) is 110 Å². The Balaban J connectivity index is 1.66. The van der Waals surface area contributed by atoms with E-state index < -0.39 is 37.1 Å². The van der Waals surface area contributed by atoms with Gasteiger partial charge in [0.05, 0.1) is 25.6 Å². The number of ether oxygens (including phenoxy) is 3. The van der Waals surface area contributed by atoms with Crippen LogP contribution in [0.5, 0.6) is 0 Å². The summed E-state index contributed by atoms with van der Waals surface area (Å²) in [5, 5.41) is 5.79. The van der Waals surface area contributed by atoms with Crippen LogP contribution in [0.15, 0.2) is 12.7 Å². The summed E-state index contributed by atoms with van der Waals surface area (Å²) in [5.74, 6) is -0.762. The number of carbonyl (C=O) groups is 2. The molecule has 0 radical (unpaired) electrons. The minimum absolute atomic E-state index is 0.109. The molecule has 1 aliphatic carbocycles. The van der Waals surface area contributed by atoms with Crippen LogP contribution < -0.4 is 15.9 Å². The third-order valence-corrected chi connectivity index (χ3v) is 8.95. The second kappa shape index (κ2) is 14.3. The first kappa shape index (κ1) is 31.9. The summed E-state index contributed by atoms with van der Waals surface area (Å²) in [6.07, 6.45) is 8.65. The maximum absolute atomic E-state index is 14.2. The highest BCUT2D eigenvalue weighted by atomic mass is 31.2. The first-order valence-electron chi connectivity index (χ1n) is 14.0. The number of imidazole rings is 1. The van der Waals surface area contributed by atoms with Gasteiger partial charge in [-0.1, -0.05) is 26.2 Å². The van der Waals surface area contributed by atoms with Crippen molar-refractivity contribution >= 4 is 36.4 Å². The number of rotatable bonds is 17. The molecule has 13 nitrogen and oxygen atoms in total. The smallest absolute Gasteiger partial charge is 0.326 e. The van der Waals surface area contributed by atoms with E-state index in [4.69, 9.17) is 19.9 Å². The van der Waals surface area contributed by atoms with Crippen molar-refractivity contribution in [3.05, 3.63) is 12.7 Å². The van der Waals surface area contributed by atoms with Gasteiger partial charge in [-0.25, -0.2) is 25.1 Å². The summed E-state index contributed by atoms with van der Waals surface area (Å²) in [7, 11) is -3.68. The Bertz CT molecular complexity index is 1190. The molecule has 224 valence electrons. The third-order valence-electron chi connectivity index (χ3n) is 6.72. The van der Waals surface area contributed by atoms with Gasteiger partial charge in [-0.05, 0) is 53.4 Å². The number of hydrogen-bond donors (Lipinski definition) is 3. The molecule has 0 unspecified atom stereocenters. The molecule has 0 saturated heterocycles. The quantitative estimate of drug-likeness (QED) is 0.141. The van der Waals surface area contributed by atoms with Crippen LogP contribution >= 0.6 is 7.44 Å². The van der Waals surface area contributed by atoms with Crippen LogP contribution in [0.3, 0.4) is 0 Å². The molecule has 3 rings (SSSR count). The van der Waals surface area contributed by atoms with Gasteiger partial charge < -0.3 is 24.5 Å². The first-order valence-corrected chi connectivity index (χ1v) is 15.9. The molecular formula is C26H44N7O6P. The lowest BCUT2D eigenvalue weighted by Crippen LogP contribution is -2.50. The lowest BCUT2D eigenvalue weighted by atomic mass is 9.96. The molecule has 0 aromatic carbocycles. The normalized spacial score (nSPS) is 17.1. The SMILES string of the molecule is CCCCCCOC(=O)C(C)(C)N[P@](=O)(CO[C@H](C)Cn1cnc2c(N)ncnc21)N[C@H](C)C(=O)OC1CCC1. The second-order valence-corrected chi connectivity index (χ2v) is 13.2. The number of anilines is 1. The van der Waals surface area contributed by atoms with Crippen LogP contribution in [0.25, 0.3) is 11.2 Å². The predicted molar refractivity (Wildman–Crippen MR) is 151 cm³/mol. The Morgan fingerprint density at radius 2 is 1.95 bits per heavy atom. The largest absolute Gasteiger partial charge is 0.464 e. The number of nitrogens with one attached hydrogen (secondary N) is 2. The molecule has 1 aliphatic rings. The van der Waals surface area contributed by atoms with Crippen LogP contribution in [0.2, 0.25) is 0 Å². The molecule has 2 aromatic rings. The number of carbonyl (C=O) groups excluding carboxylic acids is 2. The molecule has 0 amide bonds. The number of aromatic nitrogens is 4. The summed E-state index contributed by atoms with van der Waals surface area (Å²) < 4.78 is 32.9. The number of fused-ring (bicyclic) bond motifs is 1.